The van der Waals surface area contributed by atoms with Crippen molar-refractivity contribution in [2.45, 2.75) is 6.92 Å². The number of hydrogen-bond donors (Lipinski definition) is 0. The van der Waals surface area contributed by atoms with Crippen molar-refractivity contribution in [3.05, 3.63) is 29.8 Å². The lowest BCUT2D eigenvalue weighted by atomic mass is 10.2. The lowest BCUT2D eigenvalue weighted by molar-refractivity contribution is 1.49. The van der Waals surface area contributed by atoms with Gasteiger partial charge in [0.15, 0.2) is 0 Å². The summed E-state index contributed by atoms with van der Waals surface area (Å²) < 4.78 is 0. The monoisotopic (exact) mass is 182 g/mol. The minimum absolute atomic E-state index is 0.284. The molecule has 0 amide bonds. The first-order chi connectivity index (χ1) is 4.83. The predicted octanol–water partition coefficient (Wildman–Crippen LogP) is -1.85. The van der Waals surface area contributed by atoms with Gasteiger partial charge in [-0.3, -0.25) is 0 Å². The fourth-order valence-corrected chi connectivity index (χ4v) is 10.1. The van der Waals surface area contributed by atoms with Crippen LogP contribution in [0.1, 0.15) is 5.56 Å². The molecule has 0 bridgehead atoms. The van der Waals surface area contributed by atoms with Gasteiger partial charge in [-0.1, -0.05) is 35.0 Å². The Hall–Kier alpha value is -0.129. The molecule has 0 N–H and O–H groups in total. The molecule has 1 aromatic carbocycles. The van der Waals surface area contributed by atoms with Crippen LogP contribution in [0.15, 0.2) is 24.3 Å². The van der Waals surface area contributed by atoms with E-state index in [2.05, 4.69) is 31.2 Å². The van der Waals surface area contributed by atoms with E-state index in [0.29, 0.717) is 8.55 Å². The molecule has 0 radical (unpaired) electrons. The smallest absolute Gasteiger partial charge is 0.0389 e. The largest absolute Gasteiger partial charge is 0.0704 e. The van der Waals surface area contributed by atoms with Gasteiger partial charge in [-0.15, -0.1) is 0 Å². The lowest BCUT2D eigenvalue weighted by Crippen LogP contribution is -2.20. The molecule has 0 aliphatic rings. The molecule has 10 heavy (non-hydrogen) atoms. The van der Waals surface area contributed by atoms with Gasteiger partial charge in [-0.05, 0) is 25.2 Å². The van der Waals surface area contributed by atoms with Crippen LogP contribution in [0.25, 0.3) is 0 Å². The molecule has 0 aliphatic heterocycles. The summed E-state index contributed by atoms with van der Waals surface area (Å²) in [6, 6.07) is 9.14. The first kappa shape index (κ1) is 7.97. The standard InChI is InChI=1S/C7H14Si3/c1-6-2-4-7(5-3-6)9-10-8/h2-5H,9-10H2,1,8H3. The lowest BCUT2D eigenvalue weighted by Gasteiger charge is -1.96. The minimum atomic E-state index is 0.284. The molecule has 0 aromatic heterocycles. The van der Waals surface area contributed by atoms with Crippen molar-refractivity contribution in [3.63, 3.8) is 0 Å². The number of rotatable bonds is 2. The Morgan fingerprint density at radius 3 is 2.30 bits per heavy atom. The van der Waals surface area contributed by atoms with Gasteiger partial charge in [0.25, 0.3) is 0 Å². The molecule has 0 saturated heterocycles. The zero-order chi connectivity index (χ0) is 7.40. The predicted molar refractivity (Wildman–Crippen MR) is 57.8 cm³/mol. The molecule has 0 unspecified atom stereocenters. The van der Waals surface area contributed by atoms with Crippen molar-refractivity contribution >= 4 is 32.5 Å². The van der Waals surface area contributed by atoms with Crippen LogP contribution in [0.5, 0.6) is 0 Å². The van der Waals surface area contributed by atoms with Crippen molar-refractivity contribution in [2.75, 3.05) is 0 Å². The molecule has 0 heterocycles. The van der Waals surface area contributed by atoms with Crippen LogP contribution in [0, 0.1) is 6.92 Å². The minimum Gasteiger partial charge on any atom is -0.0704 e. The molecule has 0 nitrogen and oxygen atoms in total. The molecule has 0 atom stereocenters. The van der Waals surface area contributed by atoms with Gasteiger partial charge in [-0.25, -0.2) is 0 Å². The van der Waals surface area contributed by atoms with Crippen LogP contribution in [0.2, 0.25) is 0 Å². The number of aryl methyl sites for hydroxylation is 1. The van der Waals surface area contributed by atoms with E-state index in [1.807, 2.05) is 0 Å². The van der Waals surface area contributed by atoms with Gasteiger partial charge >= 0.3 is 0 Å². The molecule has 3 heteroatoms. The van der Waals surface area contributed by atoms with E-state index in [4.69, 9.17) is 0 Å². The first-order valence-electron chi connectivity index (χ1n) is 3.88. The highest BCUT2D eigenvalue weighted by Crippen LogP contribution is 1.91. The van der Waals surface area contributed by atoms with Crippen LogP contribution in [0.3, 0.4) is 0 Å². The molecular formula is C7H14Si3. The Labute approximate surface area is 69.7 Å². The third-order valence-electron chi connectivity index (χ3n) is 1.66. The average Bonchev–Trinajstić information content (AvgIpc) is 1.95. The van der Waals surface area contributed by atoms with Crippen LogP contribution in [-0.2, 0) is 0 Å². The van der Waals surface area contributed by atoms with E-state index >= 15 is 0 Å². The highest BCUT2D eigenvalue weighted by molar-refractivity contribution is 7.27. The Bertz CT molecular complexity index is 193. The number of hydrogen-bond acceptors (Lipinski definition) is 0. The Balaban J connectivity index is 2.69. The van der Waals surface area contributed by atoms with E-state index in [-0.39, 0.29) is 9.04 Å². The summed E-state index contributed by atoms with van der Waals surface area (Å²) in [5.41, 5.74) is 1.40. The number of benzene rings is 1. The summed E-state index contributed by atoms with van der Waals surface area (Å²) in [5, 5.41) is 1.69. The van der Waals surface area contributed by atoms with Crippen molar-refractivity contribution in [1.82, 2.24) is 0 Å². The summed E-state index contributed by atoms with van der Waals surface area (Å²) in [4.78, 5) is 0. The van der Waals surface area contributed by atoms with Gasteiger partial charge in [-0.2, -0.15) is 0 Å². The van der Waals surface area contributed by atoms with E-state index < -0.39 is 0 Å². The molecule has 1 rings (SSSR count). The van der Waals surface area contributed by atoms with Gasteiger partial charge in [0.1, 0.15) is 0 Å². The maximum Gasteiger partial charge on any atom is 0.0389 e. The van der Waals surface area contributed by atoms with Gasteiger partial charge in [0.2, 0.25) is 0 Å². The van der Waals surface area contributed by atoms with Crippen molar-refractivity contribution < 1.29 is 0 Å². The highest BCUT2D eigenvalue weighted by Gasteiger charge is 1.89. The molecule has 1 aromatic rings. The Morgan fingerprint density at radius 2 is 1.80 bits per heavy atom. The first-order valence-corrected chi connectivity index (χ1v) is 14.2. The fourth-order valence-electron chi connectivity index (χ4n) is 1.04. The van der Waals surface area contributed by atoms with E-state index in [1.54, 1.807) is 5.19 Å². The summed E-state index contributed by atoms with van der Waals surface area (Å²) in [6.45, 7) is 2.16. The van der Waals surface area contributed by atoms with Gasteiger partial charge in [0, 0.05) is 9.04 Å². The maximum atomic E-state index is 2.33. The average molecular weight is 182 g/mol. The zero-order valence-electron chi connectivity index (χ0n) is 6.72. The highest BCUT2D eigenvalue weighted by atomic mass is 29.5. The third kappa shape index (κ3) is 2.24. The molecule has 54 valence electrons. The van der Waals surface area contributed by atoms with Crippen molar-refractivity contribution in [1.29, 1.82) is 0 Å². The summed E-state index contributed by atoms with van der Waals surface area (Å²) in [7, 11) is 2.29. The van der Waals surface area contributed by atoms with E-state index in [1.165, 1.54) is 15.3 Å². The molecule has 0 spiro atoms. The second-order valence-electron chi connectivity index (χ2n) is 2.74. The molecule has 0 fully saturated rings. The van der Waals surface area contributed by atoms with Crippen molar-refractivity contribution in [3.8, 4) is 0 Å². The zero-order valence-corrected chi connectivity index (χ0v) is 11.6. The third-order valence-corrected chi connectivity index (χ3v) is 10.9. The topological polar surface area (TPSA) is 0 Å². The van der Waals surface area contributed by atoms with E-state index in [0.717, 1.165) is 0 Å². The summed E-state index contributed by atoms with van der Waals surface area (Å²) in [5.74, 6) is 0. The van der Waals surface area contributed by atoms with Crippen LogP contribution in [0.4, 0.5) is 0 Å². The van der Waals surface area contributed by atoms with E-state index in [9.17, 15) is 0 Å². The molecule has 0 saturated carbocycles. The van der Waals surface area contributed by atoms with Gasteiger partial charge in [0.05, 0.1) is 0 Å². The van der Waals surface area contributed by atoms with Crippen LogP contribution < -0.4 is 5.19 Å². The summed E-state index contributed by atoms with van der Waals surface area (Å²) in [6.07, 6.45) is 0. The maximum absolute atomic E-state index is 2.33. The quantitative estimate of drug-likeness (QED) is 0.471. The van der Waals surface area contributed by atoms with Crippen LogP contribution >= 0.6 is 0 Å². The second kappa shape index (κ2) is 3.90. The SMILES string of the molecule is Cc1ccc([SiH2][SiH2][SiH3])cc1. The van der Waals surface area contributed by atoms with Gasteiger partial charge < -0.3 is 0 Å². The second-order valence-corrected chi connectivity index (χ2v) is 18.6. The Kier molecular flexibility index (Phi) is 3.11. The summed E-state index contributed by atoms with van der Waals surface area (Å²) >= 11 is 0. The fraction of sp³-hybridized carbons (Fsp3) is 0.143. The molecule has 0 aliphatic carbocycles. The van der Waals surface area contributed by atoms with Crippen molar-refractivity contribution in [2.24, 2.45) is 0 Å². The normalized spacial score (nSPS) is 12.5. The van der Waals surface area contributed by atoms with Crippen LogP contribution in [-0.4, -0.2) is 27.4 Å². The molecular weight excluding hydrogens is 168 g/mol. The Morgan fingerprint density at radius 1 is 1.20 bits per heavy atom.